The molecule has 158 valence electrons. The zero-order valence-corrected chi connectivity index (χ0v) is 18.2. The number of anilines is 1. The minimum atomic E-state index is -0.134. The van der Waals surface area contributed by atoms with E-state index in [1.165, 1.54) is 5.56 Å². The average Bonchev–Trinajstić information content (AvgIpc) is 3.39. The monoisotopic (exact) mass is 434 g/mol. The molecule has 5 nitrogen and oxygen atoms in total. The molecule has 0 aliphatic carbocycles. The third kappa shape index (κ3) is 3.12. The normalized spacial score (nSPS) is 15.6. The summed E-state index contributed by atoms with van der Waals surface area (Å²) in [5.74, 6) is 1.03. The highest BCUT2D eigenvalue weighted by atomic mass is 35.5. The van der Waals surface area contributed by atoms with Gasteiger partial charge in [0.1, 0.15) is 17.2 Å². The number of alkyl halides is 1. The molecule has 1 aromatic heterocycles. The number of aromatic hydroxyl groups is 1. The van der Waals surface area contributed by atoms with Crippen molar-refractivity contribution in [3.05, 3.63) is 65.4 Å². The number of methoxy groups -OCH3 is 1. The summed E-state index contributed by atoms with van der Waals surface area (Å²) in [6, 6.07) is 15.3. The van der Waals surface area contributed by atoms with Crippen molar-refractivity contribution in [2.75, 3.05) is 24.4 Å². The van der Waals surface area contributed by atoms with E-state index in [4.69, 9.17) is 16.3 Å². The minimum absolute atomic E-state index is 0.0353. The number of aryl methyl sites for hydroxylation is 1. The molecule has 0 saturated heterocycles. The van der Waals surface area contributed by atoms with Crippen LogP contribution < -0.4 is 9.64 Å². The fraction of sp³-hybridized carbons (Fsp3) is 0.240. The predicted molar refractivity (Wildman–Crippen MR) is 125 cm³/mol. The number of hydrogen-bond donors (Lipinski definition) is 2. The smallest absolute Gasteiger partial charge is 0.274 e. The minimum Gasteiger partial charge on any atom is -0.507 e. The van der Waals surface area contributed by atoms with Gasteiger partial charge in [0.2, 0.25) is 0 Å². The molecule has 1 amide bonds. The number of fused-ring (bicyclic) bond motifs is 4. The zero-order chi connectivity index (χ0) is 21.7. The molecule has 4 aromatic rings. The van der Waals surface area contributed by atoms with E-state index in [0.29, 0.717) is 29.6 Å². The van der Waals surface area contributed by atoms with Gasteiger partial charge in [-0.1, -0.05) is 13.0 Å². The van der Waals surface area contributed by atoms with Gasteiger partial charge in [-0.05, 0) is 59.3 Å². The quantitative estimate of drug-likeness (QED) is 0.412. The Morgan fingerprint density at radius 3 is 2.77 bits per heavy atom. The average molecular weight is 435 g/mol. The second kappa shape index (κ2) is 7.50. The van der Waals surface area contributed by atoms with E-state index in [0.717, 1.165) is 33.7 Å². The molecule has 0 unspecified atom stereocenters. The number of aromatic nitrogens is 1. The van der Waals surface area contributed by atoms with Crippen LogP contribution >= 0.6 is 11.6 Å². The fourth-order valence-corrected chi connectivity index (χ4v) is 4.81. The third-order valence-electron chi connectivity index (χ3n) is 6.20. The van der Waals surface area contributed by atoms with Crippen molar-refractivity contribution in [2.45, 2.75) is 19.3 Å². The summed E-state index contributed by atoms with van der Waals surface area (Å²) in [4.78, 5) is 18.5. The summed E-state index contributed by atoms with van der Waals surface area (Å²) in [5, 5.41) is 13.3. The number of nitrogens with one attached hydrogen (secondary N) is 1. The lowest BCUT2D eigenvalue weighted by Gasteiger charge is -2.17. The van der Waals surface area contributed by atoms with Crippen LogP contribution in [0.3, 0.4) is 0 Å². The molecule has 1 aliphatic rings. The molecule has 2 N–H and O–H groups in total. The summed E-state index contributed by atoms with van der Waals surface area (Å²) >= 11 is 6.32. The van der Waals surface area contributed by atoms with Crippen LogP contribution in [0, 0.1) is 0 Å². The van der Waals surface area contributed by atoms with E-state index >= 15 is 0 Å². The second-order valence-corrected chi connectivity index (χ2v) is 8.27. The Kier molecular flexibility index (Phi) is 4.78. The van der Waals surface area contributed by atoms with E-state index < -0.39 is 0 Å². The van der Waals surface area contributed by atoms with Crippen molar-refractivity contribution in [1.82, 2.24) is 4.98 Å². The van der Waals surface area contributed by atoms with E-state index in [2.05, 4.69) is 24.0 Å². The van der Waals surface area contributed by atoms with Gasteiger partial charge >= 0.3 is 0 Å². The molecule has 5 rings (SSSR count). The van der Waals surface area contributed by atoms with Gasteiger partial charge in [-0.3, -0.25) is 4.79 Å². The van der Waals surface area contributed by atoms with Crippen LogP contribution in [0.2, 0.25) is 0 Å². The molecule has 0 fully saturated rings. The first-order valence-electron chi connectivity index (χ1n) is 10.4. The maximum Gasteiger partial charge on any atom is 0.274 e. The molecule has 3 aromatic carbocycles. The highest BCUT2D eigenvalue weighted by molar-refractivity contribution is 6.19. The molecule has 2 heterocycles. The highest BCUT2D eigenvalue weighted by Crippen LogP contribution is 2.46. The standard InChI is InChI=1S/C25H23ClN2O3/c1-3-14-4-7-20-15(8-14)9-21(27-20)25(30)28-13-16(12-26)24-19-10-17(31-2)5-6-18(19)23(29)11-22(24)28/h4-11,16,27,29H,3,12-13H2,1-2H3/t16-/m1/s1. The molecular weight excluding hydrogens is 412 g/mol. The highest BCUT2D eigenvalue weighted by Gasteiger charge is 2.35. The maximum atomic E-state index is 13.5. The van der Waals surface area contributed by atoms with Crippen molar-refractivity contribution in [3.63, 3.8) is 0 Å². The van der Waals surface area contributed by atoms with Crippen LogP contribution in [0.4, 0.5) is 5.69 Å². The number of benzene rings is 3. The fourth-order valence-electron chi connectivity index (χ4n) is 4.56. The van der Waals surface area contributed by atoms with Gasteiger partial charge in [-0.2, -0.15) is 0 Å². The summed E-state index contributed by atoms with van der Waals surface area (Å²) in [6.45, 7) is 2.57. The van der Waals surface area contributed by atoms with Gasteiger partial charge in [0.05, 0.1) is 12.8 Å². The lowest BCUT2D eigenvalue weighted by Crippen LogP contribution is -2.30. The molecule has 0 radical (unpaired) electrons. The molecule has 1 aliphatic heterocycles. The van der Waals surface area contributed by atoms with Crippen molar-refractivity contribution < 1.29 is 14.6 Å². The number of halogens is 1. The molecule has 0 saturated carbocycles. The van der Waals surface area contributed by atoms with Crippen molar-refractivity contribution in [2.24, 2.45) is 0 Å². The molecular formula is C25H23ClN2O3. The van der Waals surface area contributed by atoms with Gasteiger partial charge in [-0.15, -0.1) is 11.6 Å². The van der Waals surface area contributed by atoms with Crippen LogP contribution in [0.15, 0.2) is 48.5 Å². The Balaban J connectivity index is 1.63. The Bertz CT molecular complexity index is 1330. The van der Waals surface area contributed by atoms with Crippen molar-refractivity contribution in [1.29, 1.82) is 0 Å². The number of ether oxygens (including phenoxy) is 1. The molecule has 6 heteroatoms. The van der Waals surface area contributed by atoms with Crippen LogP contribution in [-0.2, 0) is 6.42 Å². The SMILES string of the molecule is CCc1ccc2[nH]c(C(=O)N3C[C@@H](CCl)c4c3cc(O)c3ccc(OC)cc43)cc2c1. The number of carbonyl (C=O) groups excluding carboxylic acids is 1. The molecule has 31 heavy (non-hydrogen) atoms. The van der Waals surface area contributed by atoms with Gasteiger partial charge < -0.3 is 19.7 Å². The molecule has 1 atom stereocenters. The number of amides is 1. The van der Waals surface area contributed by atoms with E-state index in [1.54, 1.807) is 18.1 Å². The van der Waals surface area contributed by atoms with Gasteiger partial charge in [0, 0.05) is 40.7 Å². The number of rotatable bonds is 4. The van der Waals surface area contributed by atoms with Gasteiger partial charge in [0.15, 0.2) is 0 Å². The van der Waals surface area contributed by atoms with E-state index in [1.807, 2.05) is 30.3 Å². The second-order valence-electron chi connectivity index (χ2n) is 7.97. The van der Waals surface area contributed by atoms with Crippen molar-refractivity contribution >= 4 is 44.9 Å². The molecule has 0 spiro atoms. The summed E-state index contributed by atoms with van der Waals surface area (Å²) in [6.07, 6.45) is 0.942. The van der Waals surface area contributed by atoms with Crippen LogP contribution in [0.1, 0.15) is 34.5 Å². The Labute approximate surface area is 185 Å². The lowest BCUT2D eigenvalue weighted by molar-refractivity contribution is 0.0984. The lowest BCUT2D eigenvalue weighted by atomic mass is 9.95. The van der Waals surface area contributed by atoms with Gasteiger partial charge in [-0.25, -0.2) is 0 Å². The van der Waals surface area contributed by atoms with Crippen molar-refractivity contribution in [3.8, 4) is 11.5 Å². The third-order valence-corrected chi connectivity index (χ3v) is 6.57. The van der Waals surface area contributed by atoms with E-state index in [-0.39, 0.29) is 17.6 Å². The number of aromatic amines is 1. The Hall–Kier alpha value is -3.18. The number of phenols is 1. The predicted octanol–water partition coefficient (Wildman–Crippen LogP) is 5.58. The first kappa shape index (κ1) is 19.8. The van der Waals surface area contributed by atoms with Crippen LogP contribution in [-0.4, -0.2) is 35.5 Å². The Morgan fingerprint density at radius 1 is 1.19 bits per heavy atom. The Morgan fingerprint density at radius 2 is 2.03 bits per heavy atom. The molecule has 0 bridgehead atoms. The van der Waals surface area contributed by atoms with Crippen LogP contribution in [0.25, 0.3) is 21.7 Å². The number of H-pyrrole nitrogens is 1. The number of nitrogens with zero attached hydrogens (tertiary/aromatic N) is 1. The van der Waals surface area contributed by atoms with Crippen LogP contribution in [0.5, 0.6) is 11.5 Å². The summed E-state index contributed by atoms with van der Waals surface area (Å²) in [7, 11) is 1.61. The topological polar surface area (TPSA) is 65.6 Å². The zero-order valence-electron chi connectivity index (χ0n) is 17.4. The first-order valence-corrected chi connectivity index (χ1v) is 10.9. The first-order chi connectivity index (χ1) is 15.0. The number of carbonyl (C=O) groups is 1. The summed E-state index contributed by atoms with van der Waals surface area (Å²) < 4.78 is 5.39. The summed E-state index contributed by atoms with van der Waals surface area (Å²) in [5.41, 5.74) is 4.35. The maximum absolute atomic E-state index is 13.5. The van der Waals surface area contributed by atoms with E-state index in [9.17, 15) is 9.90 Å². The largest absolute Gasteiger partial charge is 0.507 e. The van der Waals surface area contributed by atoms with Gasteiger partial charge in [0.25, 0.3) is 5.91 Å². The number of phenolic OH excluding ortho intramolecular Hbond substituents is 1. The number of hydrogen-bond acceptors (Lipinski definition) is 3.